The van der Waals surface area contributed by atoms with Gasteiger partial charge in [-0.25, -0.2) is 14.4 Å². The number of rotatable bonds is 4. The van der Waals surface area contributed by atoms with E-state index in [4.69, 9.17) is 21.4 Å². The normalized spacial score (nSPS) is 13.4. The summed E-state index contributed by atoms with van der Waals surface area (Å²) in [5.41, 5.74) is 1.27. The predicted molar refractivity (Wildman–Crippen MR) is 108 cm³/mol. The molecule has 0 fully saturated rings. The van der Waals surface area contributed by atoms with E-state index >= 15 is 0 Å². The molecular weight excluding hydrogens is 399 g/mol. The first-order chi connectivity index (χ1) is 14.1. The van der Waals surface area contributed by atoms with Gasteiger partial charge in [0.25, 0.3) is 5.91 Å². The summed E-state index contributed by atoms with van der Waals surface area (Å²) >= 11 is 5.87. The Bertz CT molecular complexity index is 1120. The number of carbonyl (C=O) groups is 1. The van der Waals surface area contributed by atoms with Gasteiger partial charge in [0, 0.05) is 6.08 Å². The molecule has 0 saturated carbocycles. The summed E-state index contributed by atoms with van der Waals surface area (Å²) in [7, 11) is 0. The fourth-order valence-electron chi connectivity index (χ4n) is 3.12. The predicted octanol–water partition coefficient (Wildman–Crippen LogP) is 3.44. The molecule has 0 bridgehead atoms. The maximum absolute atomic E-state index is 14.4. The lowest BCUT2D eigenvalue weighted by Crippen LogP contribution is -2.37. The highest BCUT2D eigenvalue weighted by Gasteiger charge is 2.26. The lowest BCUT2D eigenvalue weighted by molar-refractivity contribution is -0.114. The number of aliphatic hydroxyl groups excluding tert-OH is 1. The van der Waals surface area contributed by atoms with Crippen molar-refractivity contribution >= 4 is 45.6 Å². The topological polar surface area (TPSA) is 87.6 Å². The molecule has 2 aromatic carbocycles. The number of carbonyl (C=O) groups excluding carboxylic acids is 1. The van der Waals surface area contributed by atoms with Gasteiger partial charge in [0.2, 0.25) is 0 Å². The Morgan fingerprint density at radius 1 is 1.34 bits per heavy atom. The number of hydrogen-bond acceptors (Lipinski definition) is 6. The summed E-state index contributed by atoms with van der Waals surface area (Å²) in [5.74, 6) is -0.133. The number of aliphatic hydroxyl groups is 1. The quantitative estimate of drug-likeness (QED) is 0.636. The molecule has 0 atom stereocenters. The second-order valence-corrected chi connectivity index (χ2v) is 6.59. The molecule has 1 aromatic heterocycles. The monoisotopic (exact) mass is 414 g/mol. The number of aromatic nitrogens is 2. The lowest BCUT2D eigenvalue weighted by atomic mass is 10.1. The van der Waals surface area contributed by atoms with Crippen LogP contribution in [-0.4, -0.2) is 40.7 Å². The highest BCUT2D eigenvalue weighted by molar-refractivity contribution is 6.31. The van der Waals surface area contributed by atoms with Crippen molar-refractivity contribution in [2.45, 2.75) is 0 Å². The molecule has 1 aliphatic heterocycles. The van der Waals surface area contributed by atoms with Gasteiger partial charge in [-0.1, -0.05) is 23.7 Å². The van der Waals surface area contributed by atoms with Gasteiger partial charge in [0.15, 0.2) is 11.6 Å². The average Bonchev–Trinajstić information content (AvgIpc) is 2.74. The second-order valence-electron chi connectivity index (χ2n) is 6.18. The molecule has 0 radical (unpaired) electrons. The van der Waals surface area contributed by atoms with Crippen molar-refractivity contribution in [1.29, 1.82) is 0 Å². The number of amides is 1. The maximum atomic E-state index is 14.4. The lowest BCUT2D eigenvalue weighted by Gasteiger charge is -2.29. The van der Waals surface area contributed by atoms with Crippen molar-refractivity contribution in [1.82, 2.24) is 9.97 Å². The highest BCUT2D eigenvalue weighted by atomic mass is 35.5. The molecule has 2 heterocycles. The third-order valence-electron chi connectivity index (χ3n) is 4.42. The van der Waals surface area contributed by atoms with Crippen LogP contribution in [0.3, 0.4) is 0 Å². The number of hydrogen-bond donors (Lipinski definition) is 2. The first kappa shape index (κ1) is 19.1. The van der Waals surface area contributed by atoms with Crippen LogP contribution < -0.4 is 15.0 Å². The van der Waals surface area contributed by atoms with Gasteiger partial charge in [-0.3, -0.25) is 4.79 Å². The first-order valence-corrected chi connectivity index (χ1v) is 9.18. The van der Waals surface area contributed by atoms with Crippen LogP contribution in [0.25, 0.3) is 10.9 Å². The van der Waals surface area contributed by atoms with Crippen LogP contribution in [0, 0.1) is 5.82 Å². The van der Waals surface area contributed by atoms with Crippen LogP contribution in [0.1, 0.15) is 0 Å². The standard InChI is InChI=1S/C20H16ClFN4O3/c21-12-3-1-4-14(18(12)22)25-20-17-13(23-11-24-20)6-7-15-19(17)29-10-8-26(15)16(28)5-2-9-27/h1-7,11,27H,8-10H2,(H,23,24,25)/b5-2+. The van der Waals surface area contributed by atoms with Gasteiger partial charge in [-0.05, 0) is 24.3 Å². The Morgan fingerprint density at radius 3 is 3.03 bits per heavy atom. The molecule has 2 N–H and O–H groups in total. The third kappa shape index (κ3) is 3.59. The van der Waals surface area contributed by atoms with Gasteiger partial charge < -0.3 is 20.1 Å². The van der Waals surface area contributed by atoms with Crippen LogP contribution in [0.4, 0.5) is 21.6 Å². The van der Waals surface area contributed by atoms with E-state index in [1.165, 1.54) is 24.5 Å². The van der Waals surface area contributed by atoms with Crippen LogP contribution in [0.2, 0.25) is 5.02 Å². The van der Waals surface area contributed by atoms with Crippen molar-refractivity contribution in [2.75, 3.05) is 30.0 Å². The van der Waals surface area contributed by atoms with E-state index in [1.54, 1.807) is 29.2 Å². The van der Waals surface area contributed by atoms with Crippen molar-refractivity contribution in [3.05, 3.63) is 59.7 Å². The summed E-state index contributed by atoms with van der Waals surface area (Å²) in [6, 6.07) is 8.09. The molecule has 29 heavy (non-hydrogen) atoms. The Hall–Kier alpha value is -3.23. The van der Waals surface area contributed by atoms with Gasteiger partial charge in [-0.2, -0.15) is 0 Å². The molecule has 148 valence electrons. The van der Waals surface area contributed by atoms with Gasteiger partial charge in [-0.15, -0.1) is 0 Å². The zero-order chi connectivity index (χ0) is 20.4. The number of nitrogens with zero attached hydrogens (tertiary/aromatic N) is 3. The Kier molecular flexibility index (Phi) is 5.28. The largest absolute Gasteiger partial charge is 0.489 e. The first-order valence-electron chi connectivity index (χ1n) is 8.80. The summed E-state index contributed by atoms with van der Waals surface area (Å²) in [4.78, 5) is 22.5. The van der Waals surface area contributed by atoms with Gasteiger partial charge in [0.1, 0.15) is 18.8 Å². The van der Waals surface area contributed by atoms with E-state index in [0.717, 1.165) is 0 Å². The number of benzene rings is 2. The van der Waals surface area contributed by atoms with E-state index in [-0.39, 0.29) is 29.8 Å². The van der Waals surface area contributed by atoms with E-state index in [2.05, 4.69) is 15.3 Å². The number of anilines is 3. The molecular formula is C20H16ClFN4O3. The molecule has 0 saturated heterocycles. The fourth-order valence-corrected chi connectivity index (χ4v) is 3.30. The molecule has 1 amide bonds. The van der Waals surface area contributed by atoms with Gasteiger partial charge >= 0.3 is 0 Å². The highest BCUT2D eigenvalue weighted by Crippen LogP contribution is 2.41. The van der Waals surface area contributed by atoms with E-state index < -0.39 is 5.82 Å². The number of fused-ring (bicyclic) bond motifs is 3. The second kappa shape index (κ2) is 8.02. The molecule has 1 aliphatic rings. The minimum atomic E-state index is -0.599. The zero-order valence-corrected chi connectivity index (χ0v) is 15.9. The Labute approximate surface area is 170 Å². The van der Waals surface area contributed by atoms with Crippen molar-refractivity contribution in [2.24, 2.45) is 0 Å². The van der Waals surface area contributed by atoms with E-state index in [1.807, 2.05) is 0 Å². The van der Waals surface area contributed by atoms with Crippen LogP contribution in [0.15, 0.2) is 48.8 Å². The van der Waals surface area contributed by atoms with E-state index in [0.29, 0.717) is 34.7 Å². The zero-order valence-electron chi connectivity index (χ0n) is 15.1. The van der Waals surface area contributed by atoms with Crippen molar-refractivity contribution in [3.63, 3.8) is 0 Å². The molecule has 0 aliphatic carbocycles. The Morgan fingerprint density at radius 2 is 2.21 bits per heavy atom. The maximum Gasteiger partial charge on any atom is 0.250 e. The smallest absolute Gasteiger partial charge is 0.250 e. The summed E-state index contributed by atoms with van der Waals surface area (Å²) in [5, 5.41) is 12.4. The molecule has 9 heteroatoms. The number of halogens is 2. The molecule has 4 rings (SSSR count). The average molecular weight is 415 g/mol. The summed E-state index contributed by atoms with van der Waals surface area (Å²) in [6.45, 7) is 0.394. The molecule has 3 aromatic rings. The molecule has 7 nitrogen and oxygen atoms in total. The Balaban J connectivity index is 1.83. The summed E-state index contributed by atoms with van der Waals surface area (Å²) in [6.07, 6.45) is 4.03. The summed E-state index contributed by atoms with van der Waals surface area (Å²) < 4.78 is 20.2. The van der Waals surface area contributed by atoms with Crippen molar-refractivity contribution < 1.29 is 19.0 Å². The van der Waals surface area contributed by atoms with Crippen molar-refractivity contribution in [3.8, 4) is 5.75 Å². The SMILES string of the molecule is O=C(/C=C/CO)N1CCOc2c1ccc1ncnc(Nc3cccc(Cl)c3F)c21. The minimum absolute atomic E-state index is 0.0147. The number of nitrogens with one attached hydrogen (secondary N) is 1. The van der Waals surface area contributed by atoms with Crippen LogP contribution in [-0.2, 0) is 4.79 Å². The third-order valence-corrected chi connectivity index (χ3v) is 4.72. The molecule has 0 unspecified atom stereocenters. The fraction of sp³-hybridized carbons (Fsp3) is 0.150. The van der Waals surface area contributed by atoms with Crippen LogP contribution >= 0.6 is 11.6 Å². The van der Waals surface area contributed by atoms with Crippen LogP contribution in [0.5, 0.6) is 5.75 Å². The van der Waals surface area contributed by atoms with Gasteiger partial charge in [0.05, 0.1) is 40.5 Å². The molecule has 0 spiro atoms. The van der Waals surface area contributed by atoms with E-state index in [9.17, 15) is 9.18 Å². The minimum Gasteiger partial charge on any atom is -0.489 e. The number of ether oxygens (including phenoxy) is 1.